The number of likely N-dealkylation sites (N-methyl/N-ethyl adjacent to an activating group) is 1. The van der Waals surface area contributed by atoms with E-state index >= 15 is 0 Å². The summed E-state index contributed by atoms with van der Waals surface area (Å²) in [6.07, 6.45) is 2.27. The first-order chi connectivity index (χ1) is 14.8. The van der Waals surface area contributed by atoms with Crippen molar-refractivity contribution in [3.05, 3.63) is 47.3 Å². The van der Waals surface area contributed by atoms with Crippen LogP contribution in [0.5, 0.6) is 5.88 Å². The molecule has 0 fully saturated rings. The summed E-state index contributed by atoms with van der Waals surface area (Å²) in [6.45, 7) is 0.731. The van der Waals surface area contributed by atoms with Crippen molar-refractivity contribution in [2.45, 2.75) is 37.6 Å². The molecule has 3 rings (SSSR count). The average Bonchev–Trinajstić information content (AvgIpc) is 3.06. The molecular weight excluding hydrogens is 404 g/mol. The highest BCUT2D eigenvalue weighted by molar-refractivity contribution is 5.96. The van der Waals surface area contributed by atoms with Crippen LogP contribution in [-0.4, -0.2) is 62.8 Å². The average molecular weight is 428 g/mol. The highest BCUT2D eigenvalue weighted by Crippen LogP contribution is 2.40. The summed E-state index contributed by atoms with van der Waals surface area (Å²) in [6, 6.07) is 5.54. The number of rotatable bonds is 9. The van der Waals surface area contributed by atoms with E-state index in [4.69, 9.17) is 10.2 Å². The summed E-state index contributed by atoms with van der Waals surface area (Å²) in [5, 5.41) is 30.3. The van der Waals surface area contributed by atoms with Crippen LogP contribution < -0.4 is 10.2 Å². The van der Waals surface area contributed by atoms with Gasteiger partial charge in [-0.2, -0.15) is 0 Å². The number of benzene rings is 1. The van der Waals surface area contributed by atoms with E-state index < -0.39 is 23.9 Å². The lowest BCUT2D eigenvalue weighted by atomic mass is 9.95. The summed E-state index contributed by atoms with van der Waals surface area (Å²) in [4.78, 5) is 44.3. The number of nitrogens with one attached hydrogen (secondary N) is 1. The molecule has 2 heterocycles. The fourth-order valence-electron chi connectivity index (χ4n) is 3.72. The van der Waals surface area contributed by atoms with Crippen molar-refractivity contribution in [2.24, 2.45) is 0 Å². The van der Waals surface area contributed by atoms with E-state index in [0.29, 0.717) is 12.0 Å². The number of aryl methyl sites for hydroxylation is 1. The van der Waals surface area contributed by atoms with Crippen molar-refractivity contribution >= 4 is 23.7 Å². The maximum atomic E-state index is 12.3. The molecule has 164 valence electrons. The Bertz CT molecular complexity index is 978. The number of amides is 1. The van der Waals surface area contributed by atoms with Crippen LogP contribution in [0.2, 0.25) is 0 Å². The van der Waals surface area contributed by atoms with Gasteiger partial charge >= 0.3 is 11.9 Å². The van der Waals surface area contributed by atoms with Gasteiger partial charge in [0, 0.05) is 31.5 Å². The topological polar surface area (TPSA) is 153 Å². The zero-order valence-corrected chi connectivity index (χ0v) is 17.0. The van der Waals surface area contributed by atoms with E-state index in [0.717, 1.165) is 29.9 Å². The first kappa shape index (κ1) is 22.0. The van der Waals surface area contributed by atoms with E-state index in [1.807, 2.05) is 11.9 Å². The normalized spacial score (nSPS) is 15.9. The van der Waals surface area contributed by atoms with E-state index in [-0.39, 0.29) is 24.6 Å². The van der Waals surface area contributed by atoms with E-state index in [2.05, 4.69) is 15.3 Å². The van der Waals surface area contributed by atoms with Crippen LogP contribution in [0.1, 0.15) is 46.7 Å². The molecule has 0 saturated heterocycles. The van der Waals surface area contributed by atoms with Crippen LogP contribution in [0.3, 0.4) is 0 Å². The Labute approximate surface area is 178 Å². The number of hydrogen-bond donors (Lipinski definition) is 4. The maximum Gasteiger partial charge on any atom is 0.326 e. The van der Waals surface area contributed by atoms with Crippen LogP contribution in [0, 0.1) is 0 Å². The highest BCUT2D eigenvalue weighted by atomic mass is 16.4. The van der Waals surface area contributed by atoms with Gasteiger partial charge in [0.25, 0.3) is 5.91 Å². The first-order valence-electron chi connectivity index (χ1n) is 9.85. The monoisotopic (exact) mass is 428 g/mol. The summed E-state index contributed by atoms with van der Waals surface area (Å²) in [5.74, 6) is -2.14. The van der Waals surface area contributed by atoms with Crippen LogP contribution >= 0.6 is 0 Å². The molecule has 1 aromatic carbocycles. The molecule has 0 radical (unpaired) electrons. The molecule has 10 heteroatoms. The van der Waals surface area contributed by atoms with Gasteiger partial charge in [0.05, 0.1) is 5.56 Å². The van der Waals surface area contributed by atoms with Gasteiger partial charge in [0.1, 0.15) is 18.2 Å². The fourth-order valence-corrected chi connectivity index (χ4v) is 3.72. The number of carboxylic acids is 2. The molecule has 1 aliphatic heterocycles. The second-order valence-electron chi connectivity index (χ2n) is 7.54. The summed E-state index contributed by atoms with van der Waals surface area (Å²) >= 11 is 0. The third kappa shape index (κ3) is 5.27. The minimum absolute atomic E-state index is 0.00208. The van der Waals surface area contributed by atoms with Crippen LogP contribution in [0.15, 0.2) is 30.6 Å². The van der Waals surface area contributed by atoms with Gasteiger partial charge in [-0.3, -0.25) is 9.59 Å². The number of aromatic hydroxyl groups is 1. The Hall–Kier alpha value is -3.69. The van der Waals surface area contributed by atoms with Crippen LogP contribution in [0.4, 0.5) is 5.82 Å². The number of carboxylic acid groups (broad SMARTS) is 2. The Morgan fingerprint density at radius 1 is 1.19 bits per heavy atom. The van der Waals surface area contributed by atoms with Crippen molar-refractivity contribution in [3.8, 4) is 5.88 Å². The zero-order valence-electron chi connectivity index (χ0n) is 17.0. The summed E-state index contributed by atoms with van der Waals surface area (Å²) in [5.41, 5.74) is 2.04. The fraction of sp³-hybridized carbons (Fsp3) is 0.381. The number of carbonyl (C=O) groups is 3. The molecule has 0 bridgehead atoms. The molecule has 1 amide bonds. The molecule has 10 nitrogen and oxygen atoms in total. The zero-order chi connectivity index (χ0) is 22.5. The van der Waals surface area contributed by atoms with Gasteiger partial charge in [-0.1, -0.05) is 12.1 Å². The molecule has 1 aliphatic rings. The molecule has 0 aliphatic carbocycles. The summed E-state index contributed by atoms with van der Waals surface area (Å²) < 4.78 is 0. The van der Waals surface area contributed by atoms with Gasteiger partial charge in [-0.25, -0.2) is 14.8 Å². The molecule has 4 N–H and O–H groups in total. The van der Waals surface area contributed by atoms with E-state index in [1.54, 1.807) is 24.3 Å². The number of carbonyl (C=O) groups excluding carboxylic acids is 1. The lowest BCUT2D eigenvalue weighted by Gasteiger charge is -2.14. The minimum atomic E-state index is -1.28. The molecule has 2 atom stereocenters. The lowest BCUT2D eigenvalue weighted by Crippen LogP contribution is -2.41. The van der Waals surface area contributed by atoms with Gasteiger partial charge < -0.3 is 25.5 Å². The predicted molar refractivity (Wildman–Crippen MR) is 110 cm³/mol. The van der Waals surface area contributed by atoms with Crippen molar-refractivity contribution in [1.29, 1.82) is 0 Å². The van der Waals surface area contributed by atoms with Gasteiger partial charge in [-0.15, -0.1) is 0 Å². The van der Waals surface area contributed by atoms with Crippen LogP contribution in [0.25, 0.3) is 0 Å². The van der Waals surface area contributed by atoms with Crippen molar-refractivity contribution < 1.29 is 29.7 Å². The second kappa shape index (κ2) is 9.41. The Morgan fingerprint density at radius 2 is 1.90 bits per heavy atom. The number of nitrogens with zero attached hydrogens (tertiary/aromatic N) is 3. The molecule has 2 aromatic rings. The number of fused-ring (bicyclic) bond motifs is 1. The van der Waals surface area contributed by atoms with Gasteiger partial charge in [0.2, 0.25) is 5.88 Å². The lowest BCUT2D eigenvalue weighted by molar-refractivity contribution is -0.140. The molecule has 0 saturated carbocycles. The van der Waals surface area contributed by atoms with E-state index in [1.165, 1.54) is 6.33 Å². The number of anilines is 1. The van der Waals surface area contributed by atoms with Crippen LogP contribution in [-0.2, 0) is 16.0 Å². The number of aliphatic carboxylic acids is 2. The van der Waals surface area contributed by atoms with Gasteiger partial charge in [0.15, 0.2) is 0 Å². The van der Waals surface area contributed by atoms with Crippen molar-refractivity contribution in [2.75, 3.05) is 18.5 Å². The van der Waals surface area contributed by atoms with Gasteiger partial charge in [-0.05, 0) is 37.0 Å². The highest BCUT2D eigenvalue weighted by Gasteiger charge is 2.31. The minimum Gasteiger partial charge on any atom is -0.493 e. The van der Waals surface area contributed by atoms with Crippen molar-refractivity contribution in [3.63, 3.8) is 0 Å². The van der Waals surface area contributed by atoms with E-state index in [9.17, 15) is 19.5 Å². The molecule has 1 aromatic heterocycles. The first-order valence-corrected chi connectivity index (χ1v) is 9.85. The number of aromatic nitrogens is 2. The molecular formula is C21H24N4O6. The SMILES string of the molecule is CN1CC(CCc2ccc(C(=O)N[C@@H](CCC(=O)O)C(=O)O)cc2)c2c(O)ncnc21. The standard InChI is InChI=1S/C21H24N4O6/c1-25-10-14(17-18(25)22-11-23-20(17)29)7-4-12-2-5-13(6-3-12)19(28)24-15(21(30)31)8-9-16(26)27/h2-3,5-6,11,14-15H,4,7-10H2,1H3,(H,24,28)(H,26,27)(H,30,31)(H,22,23,29)/t14?,15-/m0/s1. The molecule has 1 unspecified atom stereocenters. The van der Waals surface area contributed by atoms with Crippen molar-refractivity contribution in [1.82, 2.24) is 15.3 Å². The Kier molecular flexibility index (Phi) is 6.68. The molecule has 0 spiro atoms. The molecule has 31 heavy (non-hydrogen) atoms. The largest absolute Gasteiger partial charge is 0.493 e. The Morgan fingerprint density at radius 3 is 2.55 bits per heavy atom. The smallest absolute Gasteiger partial charge is 0.326 e. The maximum absolute atomic E-state index is 12.3. The third-order valence-electron chi connectivity index (χ3n) is 5.35. The second-order valence-corrected chi connectivity index (χ2v) is 7.54. The Balaban J connectivity index is 1.59. The third-order valence-corrected chi connectivity index (χ3v) is 5.35. The number of hydrogen-bond acceptors (Lipinski definition) is 7. The summed E-state index contributed by atoms with van der Waals surface area (Å²) in [7, 11) is 1.92. The quantitative estimate of drug-likeness (QED) is 0.464. The predicted octanol–water partition coefficient (Wildman–Crippen LogP) is 1.40.